The molecule has 1 heterocycles. The number of hydrogen-bond acceptors (Lipinski definition) is 4. The molecule has 28 heavy (non-hydrogen) atoms. The maximum Gasteiger partial charge on any atom is 0.265 e. The first-order valence-corrected chi connectivity index (χ1v) is 9.66. The summed E-state index contributed by atoms with van der Waals surface area (Å²) in [5.74, 6) is -0.379. The largest absolute Gasteiger partial charge is 0.482 e. The zero-order valence-corrected chi connectivity index (χ0v) is 17.3. The Morgan fingerprint density at radius 2 is 1.96 bits per heavy atom. The molecule has 2 aromatic carbocycles. The molecule has 0 aromatic heterocycles. The van der Waals surface area contributed by atoms with E-state index in [1.54, 1.807) is 43.3 Å². The molecule has 9 heteroatoms. The molecule has 0 unspecified atom stereocenters. The van der Waals surface area contributed by atoms with E-state index in [2.05, 4.69) is 26.6 Å². The van der Waals surface area contributed by atoms with Gasteiger partial charge in [0.05, 0.1) is 16.4 Å². The van der Waals surface area contributed by atoms with Gasteiger partial charge in [-0.15, -0.1) is 0 Å². The van der Waals surface area contributed by atoms with Crippen LogP contribution in [-0.4, -0.2) is 30.9 Å². The number of amides is 3. The highest BCUT2D eigenvalue weighted by Gasteiger charge is 2.27. The van der Waals surface area contributed by atoms with Crippen molar-refractivity contribution in [3.05, 3.63) is 45.9 Å². The highest BCUT2D eigenvalue weighted by molar-refractivity contribution is 9.10. The number of ether oxygens (including phenoxy) is 1. The topological polar surface area (TPSA) is 87.7 Å². The lowest BCUT2D eigenvalue weighted by molar-refractivity contribution is -0.123. The van der Waals surface area contributed by atoms with E-state index in [0.29, 0.717) is 34.3 Å². The van der Waals surface area contributed by atoms with E-state index in [1.807, 2.05) is 0 Å². The van der Waals surface area contributed by atoms with E-state index in [4.69, 9.17) is 16.3 Å². The summed E-state index contributed by atoms with van der Waals surface area (Å²) in [4.78, 5) is 37.7. The summed E-state index contributed by atoms with van der Waals surface area (Å²) >= 11 is 9.50. The number of rotatable bonds is 5. The van der Waals surface area contributed by atoms with Gasteiger partial charge >= 0.3 is 0 Å². The second kappa shape index (κ2) is 8.62. The van der Waals surface area contributed by atoms with Crippen LogP contribution in [0.15, 0.2) is 40.9 Å². The van der Waals surface area contributed by atoms with Gasteiger partial charge in [0.1, 0.15) is 12.3 Å². The van der Waals surface area contributed by atoms with Crippen molar-refractivity contribution in [2.75, 3.05) is 28.7 Å². The summed E-state index contributed by atoms with van der Waals surface area (Å²) in [5.41, 5.74) is 1.38. The third-order valence-corrected chi connectivity index (χ3v) is 4.83. The minimum atomic E-state index is -0.426. The molecule has 0 saturated carbocycles. The maximum atomic E-state index is 12.5. The van der Waals surface area contributed by atoms with Gasteiger partial charge < -0.3 is 15.4 Å². The van der Waals surface area contributed by atoms with Crippen LogP contribution in [-0.2, 0) is 14.4 Å². The molecule has 0 bridgehead atoms. The van der Waals surface area contributed by atoms with Crippen molar-refractivity contribution in [1.29, 1.82) is 0 Å². The molecule has 0 saturated heterocycles. The number of nitrogens with one attached hydrogen (secondary N) is 2. The summed E-state index contributed by atoms with van der Waals surface area (Å²) in [6.45, 7) is 1.40. The Hall–Kier alpha value is -2.58. The van der Waals surface area contributed by atoms with Crippen LogP contribution >= 0.6 is 27.5 Å². The van der Waals surface area contributed by atoms with Crippen molar-refractivity contribution < 1.29 is 19.1 Å². The van der Waals surface area contributed by atoms with Crippen molar-refractivity contribution in [1.82, 2.24) is 0 Å². The Morgan fingerprint density at radius 3 is 2.71 bits per heavy atom. The smallest absolute Gasteiger partial charge is 0.265 e. The SMILES string of the molecule is CCC(=O)Nc1ccc(Cl)c(NC(=O)CN2C(=O)COc3cc(Br)ccc32)c1. The van der Waals surface area contributed by atoms with Crippen molar-refractivity contribution >= 4 is 62.3 Å². The number of halogens is 2. The third-order valence-electron chi connectivity index (χ3n) is 4.01. The minimum absolute atomic E-state index is 0.143. The molecule has 0 fully saturated rings. The number of nitrogens with zero attached hydrogens (tertiary/aromatic N) is 1. The quantitative estimate of drug-likeness (QED) is 0.701. The summed E-state index contributed by atoms with van der Waals surface area (Å²) in [5, 5.41) is 5.71. The molecule has 0 radical (unpaired) electrons. The highest BCUT2D eigenvalue weighted by Crippen LogP contribution is 2.34. The second-order valence-corrected chi connectivity index (χ2v) is 7.35. The van der Waals surface area contributed by atoms with Gasteiger partial charge in [-0.2, -0.15) is 0 Å². The lowest BCUT2D eigenvalue weighted by Gasteiger charge is -2.29. The summed E-state index contributed by atoms with van der Waals surface area (Å²) in [7, 11) is 0. The molecule has 2 aromatic rings. The van der Waals surface area contributed by atoms with Crippen LogP contribution in [0.5, 0.6) is 5.75 Å². The van der Waals surface area contributed by atoms with Crippen LogP contribution < -0.4 is 20.3 Å². The number of anilines is 3. The molecule has 0 aliphatic carbocycles. The fraction of sp³-hybridized carbons (Fsp3) is 0.211. The fourth-order valence-corrected chi connectivity index (χ4v) is 3.14. The van der Waals surface area contributed by atoms with E-state index in [0.717, 1.165) is 4.47 Å². The summed E-state index contributed by atoms with van der Waals surface area (Å²) < 4.78 is 6.22. The van der Waals surface area contributed by atoms with Crippen LogP contribution in [0.3, 0.4) is 0 Å². The Morgan fingerprint density at radius 1 is 1.18 bits per heavy atom. The normalized spacial score (nSPS) is 12.8. The Balaban J connectivity index is 1.75. The second-order valence-electron chi connectivity index (χ2n) is 6.03. The van der Waals surface area contributed by atoms with Gasteiger partial charge in [-0.1, -0.05) is 34.5 Å². The number of benzene rings is 2. The number of fused-ring (bicyclic) bond motifs is 1. The van der Waals surface area contributed by atoms with Crippen molar-refractivity contribution in [2.45, 2.75) is 13.3 Å². The van der Waals surface area contributed by atoms with Gasteiger partial charge in [-0.05, 0) is 36.4 Å². The molecule has 3 amide bonds. The van der Waals surface area contributed by atoms with Crippen LogP contribution in [0.2, 0.25) is 5.02 Å². The maximum absolute atomic E-state index is 12.5. The standard InChI is InChI=1S/C19H17BrClN3O4/c1-2-17(25)22-12-4-5-13(21)14(8-12)23-18(26)9-24-15-6-3-11(20)7-16(15)28-10-19(24)27/h3-8H,2,9-10H2,1H3,(H,22,25)(H,23,26). The van der Waals surface area contributed by atoms with Crippen molar-refractivity contribution in [2.24, 2.45) is 0 Å². The van der Waals surface area contributed by atoms with Gasteiger partial charge in [0.15, 0.2) is 6.61 Å². The Kier molecular flexibility index (Phi) is 6.21. The van der Waals surface area contributed by atoms with Gasteiger partial charge in [-0.25, -0.2) is 0 Å². The van der Waals surface area contributed by atoms with E-state index < -0.39 is 5.91 Å². The predicted octanol–water partition coefficient (Wildman–Crippen LogP) is 3.82. The first-order chi connectivity index (χ1) is 13.4. The number of carbonyl (C=O) groups is 3. The molecule has 2 N–H and O–H groups in total. The van der Waals surface area contributed by atoms with E-state index in [9.17, 15) is 14.4 Å². The first-order valence-electron chi connectivity index (χ1n) is 8.49. The minimum Gasteiger partial charge on any atom is -0.482 e. The lowest BCUT2D eigenvalue weighted by Crippen LogP contribution is -2.43. The van der Waals surface area contributed by atoms with Crippen molar-refractivity contribution in [3.63, 3.8) is 0 Å². The van der Waals surface area contributed by atoms with Gasteiger partial charge in [0.2, 0.25) is 11.8 Å². The molecule has 1 aliphatic rings. The third kappa shape index (κ3) is 4.63. The zero-order chi connectivity index (χ0) is 20.3. The first kappa shape index (κ1) is 20.2. The number of carbonyl (C=O) groups excluding carboxylic acids is 3. The van der Waals surface area contributed by atoms with Gasteiger partial charge in [0, 0.05) is 16.6 Å². The average molecular weight is 467 g/mol. The molecule has 0 spiro atoms. The zero-order valence-electron chi connectivity index (χ0n) is 14.9. The van der Waals surface area contributed by atoms with E-state index in [-0.39, 0.29) is 25.0 Å². The van der Waals surface area contributed by atoms with E-state index in [1.165, 1.54) is 4.90 Å². The van der Waals surface area contributed by atoms with Crippen LogP contribution in [0.1, 0.15) is 13.3 Å². The van der Waals surface area contributed by atoms with Gasteiger partial charge in [0.25, 0.3) is 5.91 Å². The van der Waals surface area contributed by atoms with Crippen LogP contribution in [0.4, 0.5) is 17.1 Å². The molecule has 146 valence electrons. The molecule has 1 aliphatic heterocycles. The Bertz CT molecular complexity index is 951. The molecule has 0 atom stereocenters. The van der Waals surface area contributed by atoms with Crippen LogP contribution in [0.25, 0.3) is 0 Å². The lowest BCUT2D eigenvalue weighted by atomic mass is 10.2. The van der Waals surface area contributed by atoms with Gasteiger partial charge in [-0.3, -0.25) is 19.3 Å². The molecule has 3 rings (SSSR count). The predicted molar refractivity (Wildman–Crippen MR) is 111 cm³/mol. The molecular weight excluding hydrogens is 450 g/mol. The highest BCUT2D eigenvalue weighted by atomic mass is 79.9. The monoisotopic (exact) mass is 465 g/mol. The van der Waals surface area contributed by atoms with Crippen LogP contribution in [0, 0.1) is 0 Å². The Labute approximate surface area is 175 Å². The summed E-state index contributed by atoms with van der Waals surface area (Å²) in [6, 6.07) is 10.0. The fourth-order valence-electron chi connectivity index (χ4n) is 2.63. The summed E-state index contributed by atoms with van der Waals surface area (Å²) in [6.07, 6.45) is 0.332. The number of hydrogen-bond donors (Lipinski definition) is 2. The average Bonchev–Trinajstić information content (AvgIpc) is 2.66. The molecular formula is C19H17BrClN3O4. The van der Waals surface area contributed by atoms with E-state index >= 15 is 0 Å². The molecule has 7 nitrogen and oxygen atoms in total. The van der Waals surface area contributed by atoms with Crippen molar-refractivity contribution in [3.8, 4) is 5.75 Å².